The van der Waals surface area contributed by atoms with Gasteiger partial charge in [-0.1, -0.05) is 6.07 Å². The maximum absolute atomic E-state index is 16.0. The Balaban J connectivity index is 1.38. The predicted octanol–water partition coefficient (Wildman–Crippen LogP) is 5.64. The molecule has 4 heterocycles. The number of alkyl halides is 3. The van der Waals surface area contributed by atoms with Crippen molar-refractivity contribution in [2.24, 2.45) is 0 Å². The van der Waals surface area contributed by atoms with Gasteiger partial charge in [-0.05, 0) is 39.2 Å². The molecule has 3 aromatic heterocycles. The van der Waals surface area contributed by atoms with Crippen molar-refractivity contribution in [2.45, 2.75) is 64.3 Å². The van der Waals surface area contributed by atoms with Crippen LogP contribution < -0.4 is 14.4 Å². The molecular weight excluding hydrogens is 556 g/mol. The normalized spacial score (nSPS) is 16.0. The molecule has 0 saturated heterocycles. The van der Waals surface area contributed by atoms with E-state index in [1.54, 1.807) is 20.1 Å². The summed E-state index contributed by atoms with van der Waals surface area (Å²) in [5.74, 6) is 0.818. The molecule has 6 rings (SSSR count). The largest absolute Gasteiger partial charge is 0.493 e. The number of imidazole rings is 1. The van der Waals surface area contributed by atoms with Crippen LogP contribution in [0.2, 0.25) is 0 Å². The van der Waals surface area contributed by atoms with Gasteiger partial charge in [-0.2, -0.15) is 18.2 Å². The molecule has 10 nitrogen and oxygen atoms in total. The van der Waals surface area contributed by atoms with Crippen LogP contribution >= 0.6 is 0 Å². The molecule has 1 unspecified atom stereocenters. The van der Waals surface area contributed by atoms with Gasteiger partial charge in [-0.25, -0.2) is 24.0 Å². The number of rotatable bonds is 8. The molecule has 0 N–H and O–H groups in total. The van der Waals surface area contributed by atoms with Gasteiger partial charge in [0.1, 0.15) is 17.7 Å². The molecule has 0 amide bonds. The van der Waals surface area contributed by atoms with E-state index >= 15 is 4.39 Å². The molecule has 1 saturated carbocycles. The molecule has 4 aromatic rings. The van der Waals surface area contributed by atoms with Crippen LogP contribution in [-0.2, 0) is 19.3 Å². The lowest BCUT2D eigenvalue weighted by molar-refractivity contribution is -0.140. The maximum Gasteiger partial charge on any atom is 0.434 e. The van der Waals surface area contributed by atoms with Gasteiger partial charge in [-0.3, -0.25) is 0 Å². The molecule has 0 spiro atoms. The first-order chi connectivity index (χ1) is 20.2. The molecular formula is C28H30F4N8O2. The first kappa shape index (κ1) is 27.9. The van der Waals surface area contributed by atoms with Gasteiger partial charge in [0.2, 0.25) is 11.8 Å². The van der Waals surface area contributed by atoms with Crippen LogP contribution in [0.25, 0.3) is 22.8 Å². The molecule has 222 valence electrons. The second-order valence-corrected chi connectivity index (χ2v) is 10.4. The minimum Gasteiger partial charge on any atom is -0.493 e. The Labute approximate surface area is 239 Å². The van der Waals surface area contributed by atoms with Gasteiger partial charge < -0.3 is 18.9 Å². The minimum atomic E-state index is -4.65. The van der Waals surface area contributed by atoms with Crippen LogP contribution in [0.5, 0.6) is 11.6 Å². The standard InChI is InChI=1S/C28H30F4N8O2/c1-5-38-13-19(28(30,31)32)35-25(38)18-10-9-17(23(41-3)21(18)29)15(2)39-11-6-12-40-27(39)36-24(37-40)20-22(16-7-8-16)33-14-34-26(20)42-4/h9-10,13-16H,5-8,11-12H2,1-4H3. The fourth-order valence-corrected chi connectivity index (χ4v) is 5.53. The summed E-state index contributed by atoms with van der Waals surface area (Å²) in [5, 5.41) is 4.78. The topological polar surface area (TPSA) is 96.0 Å². The van der Waals surface area contributed by atoms with E-state index in [1.165, 1.54) is 24.1 Å². The van der Waals surface area contributed by atoms with Crippen molar-refractivity contribution >= 4 is 5.95 Å². The number of aryl methyl sites for hydroxylation is 2. The Hall–Kier alpha value is -4.23. The minimum absolute atomic E-state index is 0.0646. The van der Waals surface area contributed by atoms with Crippen molar-refractivity contribution in [1.29, 1.82) is 0 Å². The lowest BCUT2D eigenvalue weighted by Gasteiger charge is -2.34. The van der Waals surface area contributed by atoms with E-state index in [1.807, 2.05) is 16.5 Å². The van der Waals surface area contributed by atoms with E-state index < -0.39 is 23.7 Å². The lowest BCUT2D eigenvalue weighted by Crippen LogP contribution is -2.35. The van der Waals surface area contributed by atoms with E-state index in [4.69, 9.17) is 19.6 Å². The number of ether oxygens (including phenoxy) is 2. The first-order valence-corrected chi connectivity index (χ1v) is 13.8. The van der Waals surface area contributed by atoms with Crippen molar-refractivity contribution in [1.82, 2.24) is 34.3 Å². The van der Waals surface area contributed by atoms with Crippen LogP contribution in [0.3, 0.4) is 0 Å². The van der Waals surface area contributed by atoms with E-state index in [-0.39, 0.29) is 23.7 Å². The first-order valence-electron chi connectivity index (χ1n) is 13.8. The summed E-state index contributed by atoms with van der Waals surface area (Å²) < 4.78 is 70.2. The van der Waals surface area contributed by atoms with Crippen molar-refractivity contribution in [3.63, 3.8) is 0 Å². The van der Waals surface area contributed by atoms with Crippen LogP contribution in [0, 0.1) is 5.82 Å². The number of aromatic nitrogens is 7. The molecule has 1 aliphatic heterocycles. The highest BCUT2D eigenvalue weighted by molar-refractivity contribution is 5.67. The summed E-state index contributed by atoms with van der Waals surface area (Å²) >= 11 is 0. The molecule has 1 aliphatic carbocycles. The van der Waals surface area contributed by atoms with Crippen LogP contribution in [-0.4, -0.2) is 55.0 Å². The molecule has 0 radical (unpaired) electrons. The Morgan fingerprint density at radius 1 is 1.07 bits per heavy atom. The molecule has 0 bridgehead atoms. The van der Waals surface area contributed by atoms with Gasteiger partial charge in [0.15, 0.2) is 23.1 Å². The summed E-state index contributed by atoms with van der Waals surface area (Å²) in [6.45, 7) is 5.02. The third-order valence-corrected chi connectivity index (χ3v) is 7.80. The molecule has 1 atom stereocenters. The summed E-state index contributed by atoms with van der Waals surface area (Å²) in [4.78, 5) is 19.4. The van der Waals surface area contributed by atoms with E-state index in [0.717, 1.165) is 31.2 Å². The van der Waals surface area contributed by atoms with Gasteiger partial charge >= 0.3 is 6.18 Å². The third kappa shape index (κ3) is 4.71. The Morgan fingerprint density at radius 3 is 2.52 bits per heavy atom. The highest BCUT2D eigenvalue weighted by Crippen LogP contribution is 2.46. The van der Waals surface area contributed by atoms with Crippen molar-refractivity contribution in [3.05, 3.63) is 47.4 Å². The van der Waals surface area contributed by atoms with Crippen LogP contribution in [0.4, 0.5) is 23.5 Å². The molecule has 2 aliphatic rings. The molecule has 1 fully saturated rings. The number of benzene rings is 1. The van der Waals surface area contributed by atoms with E-state index in [9.17, 15) is 13.2 Å². The van der Waals surface area contributed by atoms with Crippen molar-refractivity contribution in [2.75, 3.05) is 25.7 Å². The summed E-state index contributed by atoms with van der Waals surface area (Å²) in [6, 6.07) is 2.71. The van der Waals surface area contributed by atoms with E-state index in [0.29, 0.717) is 47.8 Å². The van der Waals surface area contributed by atoms with Crippen molar-refractivity contribution in [3.8, 4) is 34.4 Å². The molecule has 42 heavy (non-hydrogen) atoms. The second-order valence-electron chi connectivity index (χ2n) is 10.4. The molecule has 14 heteroatoms. The third-order valence-electron chi connectivity index (χ3n) is 7.80. The highest BCUT2D eigenvalue weighted by Gasteiger charge is 2.37. The zero-order chi connectivity index (χ0) is 29.8. The average molecular weight is 587 g/mol. The average Bonchev–Trinajstić information content (AvgIpc) is 3.58. The number of methoxy groups -OCH3 is 2. The predicted molar refractivity (Wildman–Crippen MR) is 145 cm³/mol. The van der Waals surface area contributed by atoms with Gasteiger partial charge in [0, 0.05) is 37.3 Å². The second kappa shape index (κ2) is 10.6. The maximum atomic E-state index is 16.0. The highest BCUT2D eigenvalue weighted by atomic mass is 19.4. The number of fused-ring (bicyclic) bond motifs is 1. The zero-order valence-corrected chi connectivity index (χ0v) is 23.6. The number of nitrogens with zero attached hydrogens (tertiary/aromatic N) is 8. The SMILES string of the molecule is CCn1cc(C(F)(F)F)nc1-c1ccc(C(C)N2CCCn3nc(-c4c(OC)ncnc4C4CC4)nc32)c(OC)c1F. The van der Waals surface area contributed by atoms with Gasteiger partial charge in [0.05, 0.1) is 31.5 Å². The lowest BCUT2D eigenvalue weighted by atomic mass is 10.0. The zero-order valence-electron chi connectivity index (χ0n) is 23.6. The monoisotopic (exact) mass is 586 g/mol. The van der Waals surface area contributed by atoms with Crippen molar-refractivity contribution < 1.29 is 27.0 Å². The van der Waals surface area contributed by atoms with Crippen LogP contribution in [0.1, 0.15) is 62.0 Å². The smallest absolute Gasteiger partial charge is 0.434 e. The fourth-order valence-electron chi connectivity index (χ4n) is 5.53. The summed E-state index contributed by atoms with van der Waals surface area (Å²) in [7, 11) is 2.89. The van der Waals surface area contributed by atoms with E-state index in [2.05, 4.69) is 15.0 Å². The Bertz CT molecular complexity index is 1630. The van der Waals surface area contributed by atoms with Gasteiger partial charge in [-0.15, -0.1) is 5.10 Å². The Kier molecular flexibility index (Phi) is 7.01. The quantitative estimate of drug-likeness (QED) is 0.245. The summed E-state index contributed by atoms with van der Waals surface area (Å²) in [6.07, 6.45) is 0.555. The molecule has 1 aromatic carbocycles. The fraction of sp³-hybridized carbons (Fsp3) is 0.464. The van der Waals surface area contributed by atoms with Gasteiger partial charge in [0.25, 0.3) is 0 Å². The van der Waals surface area contributed by atoms with Crippen LogP contribution in [0.15, 0.2) is 24.7 Å². The number of anilines is 1. The number of halogens is 4. The number of hydrogen-bond acceptors (Lipinski definition) is 8. The summed E-state index contributed by atoms with van der Waals surface area (Å²) in [5.41, 5.74) is 0.899. The Morgan fingerprint density at radius 2 is 1.86 bits per heavy atom. The number of hydrogen-bond donors (Lipinski definition) is 0.